The molecule has 1 aromatic heterocycles. The topological polar surface area (TPSA) is 71.5 Å². The number of Topliss-reactive ketones (excluding diaryl/α,β-unsaturated/α-hetero) is 1. The fraction of sp³-hybridized carbons (Fsp3) is 0.353. The number of carbonyl (C=O) groups excluding carboxylic acids is 2. The number of nitrogens with one attached hydrogen (secondary N) is 1. The number of amides is 1. The summed E-state index contributed by atoms with van der Waals surface area (Å²) < 4.78 is 4.86. The van der Waals surface area contributed by atoms with Crippen molar-refractivity contribution in [3.05, 3.63) is 46.5 Å². The number of hydrogen-bond donors (Lipinski definition) is 1. The van der Waals surface area contributed by atoms with Crippen LogP contribution in [0.1, 0.15) is 27.9 Å². The van der Waals surface area contributed by atoms with Crippen LogP contribution in [0.3, 0.4) is 0 Å². The molecule has 0 unspecified atom stereocenters. The van der Waals surface area contributed by atoms with Crippen LogP contribution in [0, 0.1) is 0 Å². The van der Waals surface area contributed by atoms with Crippen molar-refractivity contribution in [2.75, 3.05) is 25.0 Å². The number of carbonyl (C=O) groups is 2. The maximum atomic E-state index is 12.3. The van der Waals surface area contributed by atoms with Gasteiger partial charge in [0.1, 0.15) is 0 Å². The molecule has 0 saturated carbocycles. The molecule has 6 nitrogen and oxygen atoms in total. The predicted octanol–water partition coefficient (Wildman–Crippen LogP) is 2.95. The van der Waals surface area contributed by atoms with Crippen molar-refractivity contribution in [3.63, 3.8) is 0 Å². The zero-order valence-corrected chi connectivity index (χ0v) is 14.3. The van der Waals surface area contributed by atoms with Gasteiger partial charge in [-0.05, 0) is 6.92 Å². The van der Waals surface area contributed by atoms with Crippen molar-refractivity contribution in [2.45, 2.75) is 19.9 Å². The smallest absolute Gasteiger partial charge is 0.413 e. The maximum Gasteiger partial charge on any atom is 0.413 e. The summed E-state index contributed by atoms with van der Waals surface area (Å²) in [6.07, 6.45) is 0.290. The summed E-state index contributed by atoms with van der Waals surface area (Å²) in [4.78, 5) is 31.4. The van der Waals surface area contributed by atoms with Crippen LogP contribution >= 0.6 is 11.3 Å². The highest BCUT2D eigenvalue weighted by Crippen LogP contribution is 2.28. The van der Waals surface area contributed by atoms with Gasteiger partial charge in [0, 0.05) is 30.0 Å². The number of hydrogen-bond acceptors (Lipinski definition) is 6. The van der Waals surface area contributed by atoms with Crippen LogP contribution in [-0.4, -0.2) is 41.5 Å². The quantitative estimate of drug-likeness (QED) is 0.844. The number of ether oxygens (including phenoxy) is 1. The number of anilines is 1. The summed E-state index contributed by atoms with van der Waals surface area (Å²) in [6.45, 7) is 3.94. The van der Waals surface area contributed by atoms with Gasteiger partial charge in [0.2, 0.25) is 0 Å². The van der Waals surface area contributed by atoms with Gasteiger partial charge in [-0.25, -0.2) is 9.78 Å². The zero-order chi connectivity index (χ0) is 16.9. The fourth-order valence-corrected chi connectivity index (χ4v) is 3.65. The van der Waals surface area contributed by atoms with Crippen molar-refractivity contribution in [1.29, 1.82) is 0 Å². The molecule has 1 aliphatic rings. The lowest BCUT2D eigenvalue weighted by atomic mass is 10.1. The van der Waals surface area contributed by atoms with Gasteiger partial charge in [-0.15, -0.1) is 0 Å². The third kappa shape index (κ3) is 3.98. The summed E-state index contributed by atoms with van der Waals surface area (Å²) in [6, 6.07) is 9.33. The van der Waals surface area contributed by atoms with Gasteiger partial charge in [0.15, 0.2) is 10.9 Å². The van der Waals surface area contributed by atoms with Gasteiger partial charge < -0.3 is 4.74 Å². The molecule has 1 aromatic carbocycles. The molecule has 0 aliphatic carbocycles. The van der Waals surface area contributed by atoms with Gasteiger partial charge in [-0.1, -0.05) is 41.7 Å². The first-order valence-electron chi connectivity index (χ1n) is 7.88. The summed E-state index contributed by atoms with van der Waals surface area (Å²) >= 11 is 1.44. The second-order valence-electron chi connectivity index (χ2n) is 5.48. The van der Waals surface area contributed by atoms with Crippen LogP contribution in [0.2, 0.25) is 0 Å². The van der Waals surface area contributed by atoms with E-state index in [0.29, 0.717) is 24.8 Å². The van der Waals surface area contributed by atoms with Crippen molar-refractivity contribution in [1.82, 2.24) is 9.88 Å². The first kappa shape index (κ1) is 16.6. The van der Waals surface area contributed by atoms with E-state index in [0.717, 1.165) is 29.1 Å². The highest BCUT2D eigenvalue weighted by Gasteiger charge is 2.23. The average molecular weight is 345 g/mol. The van der Waals surface area contributed by atoms with Crippen molar-refractivity contribution in [3.8, 4) is 0 Å². The first-order valence-corrected chi connectivity index (χ1v) is 8.70. The van der Waals surface area contributed by atoms with E-state index in [-0.39, 0.29) is 5.78 Å². The third-order valence-corrected chi connectivity index (χ3v) is 4.76. The monoisotopic (exact) mass is 345 g/mol. The molecule has 0 saturated heterocycles. The highest BCUT2D eigenvalue weighted by molar-refractivity contribution is 7.15. The maximum absolute atomic E-state index is 12.3. The largest absolute Gasteiger partial charge is 0.450 e. The van der Waals surface area contributed by atoms with E-state index in [1.807, 2.05) is 30.3 Å². The Balaban J connectivity index is 1.61. The summed E-state index contributed by atoms with van der Waals surface area (Å²) in [5.74, 6) is 0.119. The highest BCUT2D eigenvalue weighted by atomic mass is 32.1. The number of nitrogens with zero attached hydrogens (tertiary/aromatic N) is 2. The third-order valence-electron chi connectivity index (χ3n) is 3.76. The van der Waals surface area contributed by atoms with Crippen LogP contribution in [0.25, 0.3) is 0 Å². The summed E-state index contributed by atoms with van der Waals surface area (Å²) in [5, 5.41) is 3.19. The van der Waals surface area contributed by atoms with E-state index in [9.17, 15) is 9.59 Å². The molecule has 1 amide bonds. The van der Waals surface area contributed by atoms with E-state index >= 15 is 0 Å². The lowest BCUT2D eigenvalue weighted by molar-refractivity contribution is 0.0922. The molecule has 0 bridgehead atoms. The number of benzene rings is 1. The molecule has 3 rings (SSSR count). The molecule has 24 heavy (non-hydrogen) atoms. The Morgan fingerprint density at radius 3 is 2.88 bits per heavy atom. The Bertz CT molecular complexity index is 730. The molecule has 7 heteroatoms. The van der Waals surface area contributed by atoms with Gasteiger partial charge in [0.25, 0.3) is 0 Å². The van der Waals surface area contributed by atoms with Gasteiger partial charge in [0.05, 0.1) is 18.8 Å². The minimum absolute atomic E-state index is 0.119. The molecule has 0 radical (unpaired) electrons. The fourth-order valence-electron chi connectivity index (χ4n) is 2.61. The van der Waals surface area contributed by atoms with Crippen molar-refractivity contribution in [2.24, 2.45) is 0 Å². The van der Waals surface area contributed by atoms with Crippen molar-refractivity contribution < 1.29 is 14.3 Å². The molecule has 2 aromatic rings. The van der Waals surface area contributed by atoms with Gasteiger partial charge in [-0.2, -0.15) is 0 Å². The van der Waals surface area contributed by atoms with Crippen molar-refractivity contribution >= 4 is 28.3 Å². The Hall–Kier alpha value is -2.25. The molecular weight excluding hydrogens is 326 g/mol. The lowest BCUT2D eigenvalue weighted by Gasteiger charge is -2.24. The standard InChI is InChI=1S/C17H19N3O3S/c1-2-23-17(22)19-16-18-13-8-9-20(11-15(13)24-16)10-14(21)12-6-4-3-5-7-12/h3-7H,2,8-11H2,1H3,(H,18,19,22). The Labute approximate surface area is 144 Å². The van der Waals surface area contributed by atoms with Crippen LogP contribution in [0.5, 0.6) is 0 Å². The van der Waals surface area contributed by atoms with E-state index in [1.165, 1.54) is 11.3 Å². The molecule has 0 atom stereocenters. The van der Waals surface area contributed by atoms with Crippen LogP contribution < -0.4 is 5.32 Å². The number of rotatable bonds is 5. The van der Waals surface area contributed by atoms with E-state index in [2.05, 4.69) is 15.2 Å². The predicted molar refractivity (Wildman–Crippen MR) is 92.5 cm³/mol. The van der Waals surface area contributed by atoms with Gasteiger partial charge in [-0.3, -0.25) is 15.0 Å². The average Bonchev–Trinajstić information content (AvgIpc) is 2.97. The van der Waals surface area contributed by atoms with Gasteiger partial charge >= 0.3 is 6.09 Å². The second kappa shape index (κ2) is 7.55. The Morgan fingerprint density at radius 2 is 2.12 bits per heavy atom. The van der Waals surface area contributed by atoms with E-state index in [1.54, 1.807) is 6.92 Å². The van der Waals surface area contributed by atoms with E-state index < -0.39 is 6.09 Å². The molecule has 2 heterocycles. The number of ketones is 1. The Kier molecular flexibility index (Phi) is 5.22. The number of thiazole rings is 1. The van der Waals surface area contributed by atoms with Crippen LogP contribution in [-0.2, 0) is 17.7 Å². The number of fused-ring (bicyclic) bond motifs is 1. The first-order chi connectivity index (χ1) is 11.7. The minimum Gasteiger partial charge on any atom is -0.450 e. The number of aromatic nitrogens is 1. The minimum atomic E-state index is -0.486. The van der Waals surface area contributed by atoms with E-state index in [4.69, 9.17) is 4.74 Å². The summed E-state index contributed by atoms with van der Waals surface area (Å²) in [7, 11) is 0. The normalized spacial score (nSPS) is 14.0. The molecule has 1 N–H and O–H groups in total. The zero-order valence-electron chi connectivity index (χ0n) is 13.4. The molecule has 0 spiro atoms. The molecule has 0 fully saturated rings. The summed E-state index contributed by atoms with van der Waals surface area (Å²) in [5.41, 5.74) is 1.73. The Morgan fingerprint density at radius 1 is 1.33 bits per heavy atom. The SMILES string of the molecule is CCOC(=O)Nc1nc2c(s1)CN(CC(=O)c1ccccc1)CC2. The molecule has 126 valence electrons. The molecular formula is C17H19N3O3S. The second-order valence-corrected chi connectivity index (χ2v) is 6.57. The molecule has 1 aliphatic heterocycles. The van der Waals surface area contributed by atoms with Crippen LogP contribution in [0.15, 0.2) is 30.3 Å². The van der Waals surface area contributed by atoms with Crippen LogP contribution in [0.4, 0.5) is 9.93 Å². The lowest BCUT2D eigenvalue weighted by Crippen LogP contribution is -2.34.